The van der Waals surface area contributed by atoms with Crippen LogP contribution in [0.1, 0.15) is 23.6 Å². The molecule has 0 unspecified atom stereocenters. The van der Waals surface area contributed by atoms with E-state index in [1.54, 1.807) is 13.1 Å². The first-order chi connectivity index (χ1) is 11.7. The van der Waals surface area contributed by atoms with Crippen molar-refractivity contribution in [3.05, 3.63) is 77.5 Å². The Bertz CT molecular complexity index is 947. The zero-order chi connectivity index (χ0) is 16.9. The van der Waals surface area contributed by atoms with Crippen molar-refractivity contribution in [2.75, 3.05) is 6.61 Å². The molecule has 0 aliphatic rings. The van der Waals surface area contributed by atoms with Crippen LogP contribution in [0.25, 0.3) is 16.5 Å². The fourth-order valence-corrected chi connectivity index (χ4v) is 2.63. The summed E-state index contributed by atoms with van der Waals surface area (Å²) in [6.07, 6.45) is 3.18. The average molecular weight is 316 g/mol. The van der Waals surface area contributed by atoms with Crippen LogP contribution in [-0.4, -0.2) is 17.6 Å². The van der Waals surface area contributed by atoms with E-state index >= 15 is 0 Å². The van der Waals surface area contributed by atoms with Crippen molar-refractivity contribution in [3.63, 3.8) is 0 Å². The maximum absolute atomic E-state index is 12.0. The van der Waals surface area contributed by atoms with Gasteiger partial charge in [-0.2, -0.15) is 5.26 Å². The summed E-state index contributed by atoms with van der Waals surface area (Å²) in [6.45, 7) is 2.10. The van der Waals surface area contributed by atoms with Crippen LogP contribution in [0.4, 0.5) is 0 Å². The molecular formula is C20H16N2O2. The van der Waals surface area contributed by atoms with E-state index in [0.29, 0.717) is 12.2 Å². The Kier molecular flexibility index (Phi) is 4.44. The van der Waals surface area contributed by atoms with Crippen molar-refractivity contribution < 1.29 is 9.53 Å². The molecule has 1 aromatic heterocycles. The largest absolute Gasteiger partial charge is 0.463 e. The Balaban J connectivity index is 2.15. The molecule has 0 fully saturated rings. The SMILES string of the molecule is CCOC(=O)/C=C(\c1ccccc1)c1ccc2[nH]cc(C#N)c2c1. The molecule has 0 spiro atoms. The van der Waals surface area contributed by atoms with Crippen LogP contribution in [-0.2, 0) is 9.53 Å². The summed E-state index contributed by atoms with van der Waals surface area (Å²) in [4.78, 5) is 15.1. The number of rotatable bonds is 4. The van der Waals surface area contributed by atoms with Gasteiger partial charge in [0.05, 0.1) is 12.2 Å². The van der Waals surface area contributed by atoms with E-state index < -0.39 is 0 Å². The van der Waals surface area contributed by atoms with Crippen molar-refractivity contribution >= 4 is 22.4 Å². The Hall–Kier alpha value is -3.32. The van der Waals surface area contributed by atoms with E-state index in [2.05, 4.69) is 11.1 Å². The highest BCUT2D eigenvalue weighted by Gasteiger charge is 2.11. The van der Waals surface area contributed by atoms with Gasteiger partial charge in [-0.3, -0.25) is 0 Å². The van der Waals surface area contributed by atoms with Gasteiger partial charge in [-0.15, -0.1) is 0 Å². The topological polar surface area (TPSA) is 65.9 Å². The molecule has 0 radical (unpaired) electrons. The molecule has 3 rings (SSSR count). The van der Waals surface area contributed by atoms with Crippen LogP contribution in [0.5, 0.6) is 0 Å². The molecule has 2 aromatic carbocycles. The minimum atomic E-state index is -0.383. The van der Waals surface area contributed by atoms with E-state index in [-0.39, 0.29) is 5.97 Å². The summed E-state index contributed by atoms with van der Waals surface area (Å²) >= 11 is 0. The molecule has 118 valence electrons. The van der Waals surface area contributed by atoms with Gasteiger partial charge < -0.3 is 9.72 Å². The van der Waals surface area contributed by atoms with E-state index in [4.69, 9.17) is 4.74 Å². The first-order valence-electron chi connectivity index (χ1n) is 7.68. The number of aromatic amines is 1. The van der Waals surface area contributed by atoms with Gasteiger partial charge in [-0.25, -0.2) is 4.79 Å². The predicted octanol–water partition coefficient (Wildman–Crippen LogP) is 4.03. The standard InChI is InChI=1S/C20H16N2O2/c1-2-24-20(23)11-17(14-6-4-3-5-7-14)15-8-9-19-18(10-15)16(12-21)13-22-19/h3-11,13,22H,2H2,1H3/b17-11+. The van der Waals surface area contributed by atoms with Gasteiger partial charge in [-0.05, 0) is 35.8 Å². The second kappa shape index (κ2) is 6.84. The van der Waals surface area contributed by atoms with Crippen LogP contribution in [0, 0.1) is 11.3 Å². The molecule has 0 atom stereocenters. The molecular weight excluding hydrogens is 300 g/mol. The van der Waals surface area contributed by atoms with Gasteiger partial charge in [-0.1, -0.05) is 36.4 Å². The van der Waals surface area contributed by atoms with Gasteiger partial charge in [0.15, 0.2) is 0 Å². The van der Waals surface area contributed by atoms with Crippen molar-refractivity contribution in [3.8, 4) is 6.07 Å². The number of hydrogen-bond acceptors (Lipinski definition) is 3. The number of fused-ring (bicyclic) bond motifs is 1. The summed E-state index contributed by atoms with van der Waals surface area (Å²) in [5, 5.41) is 10.1. The monoisotopic (exact) mass is 316 g/mol. The van der Waals surface area contributed by atoms with Gasteiger partial charge in [0.2, 0.25) is 0 Å². The maximum atomic E-state index is 12.0. The highest BCUT2D eigenvalue weighted by molar-refractivity contribution is 5.98. The molecule has 24 heavy (non-hydrogen) atoms. The molecule has 1 N–H and O–H groups in total. The van der Waals surface area contributed by atoms with Crippen LogP contribution in [0.2, 0.25) is 0 Å². The summed E-state index contributed by atoms with van der Waals surface area (Å²) < 4.78 is 5.06. The van der Waals surface area contributed by atoms with E-state index in [0.717, 1.165) is 27.6 Å². The first-order valence-corrected chi connectivity index (χ1v) is 7.68. The molecule has 4 heteroatoms. The third kappa shape index (κ3) is 3.06. The second-order valence-electron chi connectivity index (χ2n) is 5.25. The van der Waals surface area contributed by atoms with E-state index in [9.17, 15) is 10.1 Å². The molecule has 0 aliphatic carbocycles. The van der Waals surface area contributed by atoms with Gasteiger partial charge in [0, 0.05) is 23.2 Å². The lowest BCUT2D eigenvalue weighted by atomic mass is 9.96. The number of benzene rings is 2. The van der Waals surface area contributed by atoms with Gasteiger partial charge >= 0.3 is 5.97 Å². The number of carbonyl (C=O) groups is 1. The highest BCUT2D eigenvalue weighted by atomic mass is 16.5. The molecule has 0 amide bonds. The molecule has 4 nitrogen and oxygen atoms in total. The average Bonchev–Trinajstić information content (AvgIpc) is 3.03. The number of nitrogens with zero attached hydrogens (tertiary/aromatic N) is 1. The van der Waals surface area contributed by atoms with Crippen LogP contribution >= 0.6 is 0 Å². The summed E-state index contributed by atoms with van der Waals surface area (Å²) in [7, 11) is 0. The molecule has 0 aliphatic heterocycles. The number of H-pyrrole nitrogens is 1. The third-order valence-electron chi connectivity index (χ3n) is 3.75. The predicted molar refractivity (Wildman–Crippen MR) is 93.2 cm³/mol. The fourth-order valence-electron chi connectivity index (χ4n) is 2.63. The Morgan fingerprint density at radius 2 is 2.00 bits per heavy atom. The van der Waals surface area contributed by atoms with Crippen molar-refractivity contribution in [2.45, 2.75) is 6.92 Å². The lowest BCUT2D eigenvalue weighted by Gasteiger charge is -2.09. The van der Waals surface area contributed by atoms with Crippen LogP contribution in [0.15, 0.2) is 60.8 Å². The number of esters is 1. The van der Waals surface area contributed by atoms with Crippen LogP contribution < -0.4 is 0 Å². The number of nitriles is 1. The minimum absolute atomic E-state index is 0.326. The summed E-state index contributed by atoms with van der Waals surface area (Å²) in [5.74, 6) is -0.383. The molecule has 0 saturated carbocycles. The van der Waals surface area contributed by atoms with E-state index in [1.165, 1.54) is 6.08 Å². The first kappa shape index (κ1) is 15.6. The van der Waals surface area contributed by atoms with Crippen molar-refractivity contribution in [2.24, 2.45) is 0 Å². The number of hydrogen-bond donors (Lipinski definition) is 1. The lowest BCUT2D eigenvalue weighted by Crippen LogP contribution is -2.01. The quantitative estimate of drug-likeness (QED) is 0.583. The Morgan fingerprint density at radius 1 is 1.21 bits per heavy atom. The van der Waals surface area contributed by atoms with Gasteiger partial charge in [0.1, 0.15) is 6.07 Å². The van der Waals surface area contributed by atoms with Crippen LogP contribution in [0.3, 0.4) is 0 Å². The molecule has 0 saturated heterocycles. The highest BCUT2D eigenvalue weighted by Crippen LogP contribution is 2.28. The molecule has 1 heterocycles. The van der Waals surface area contributed by atoms with Gasteiger partial charge in [0.25, 0.3) is 0 Å². The number of carbonyl (C=O) groups excluding carboxylic acids is 1. The summed E-state index contributed by atoms with van der Waals surface area (Å²) in [5.41, 5.74) is 4.01. The fraction of sp³-hybridized carbons (Fsp3) is 0.100. The van der Waals surface area contributed by atoms with Crippen molar-refractivity contribution in [1.29, 1.82) is 5.26 Å². The zero-order valence-corrected chi connectivity index (χ0v) is 13.2. The number of aromatic nitrogens is 1. The maximum Gasteiger partial charge on any atom is 0.331 e. The lowest BCUT2D eigenvalue weighted by molar-refractivity contribution is -0.137. The zero-order valence-electron chi connectivity index (χ0n) is 13.2. The smallest absolute Gasteiger partial charge is 0.331 e. The number of nitrogens with one attached hydrogen (secondary N) is 1. The normalized spacial score (nSPS) is 11.2. The summed E-state index contributed by atoms with van der Waals surface area (Å²) in [6, 6.07) is 17.6. The Morgan fingerprint density at radius 3 is 2.71 bits per heavy atom. The second-order valence-corrected chi connectivity index (χ2v) is 5.25. The molecule has 0 bridgehead atoms. The Labute approximate surface area is 140 Å². The minimum Gasteiger partial charge on any atom is -0.463 e. The number of ether oxygens (including phenoxy) is 1. The van der Waals surface area contributed by atoms with Crippen molar-refractivity contribution in [1.82, 2.24) is 4.98 Å². The van der Waals surface area contributed by atoms with E-state index in [1.807, 2.05) is 48.5 Å². The third-order valence-corrected chi connectivity index (χ3v) is 3.75. The molecule has 3 aromatic rings.